The number of methoxy groups -OCH3 is 1. The lowest BCUT2D eigenvalue weighted by atomic mass is 9.99. The fourth-order valence-corrected chi connectivity index (χ4v) is 1.97. The van der Waals surface area contributed by atoms with Gasteiger partial charge in [0.1, 0.15) is 11.9 Å². The molecule has 0 amide bonds. The maximum atomic E-state index is 10.2. The fourth-order valence-electron chi connectivity index (χ4n) is 1.75. The molecule has 0 aliphatic carbocycles. The molecule has 0 fully saturated rings. The van der Waals surface area contributed by atoms with Crippen molar-refractivity contribution < 1.29 is 14.3 Å². The van der Waals surface area contributed by atoms with E-state index in [2.05, 4.69) is 0 Å². The number of benzene rings is 1. The molecule has 90 valence electrons. The highest BCUT2D eigenvalue weighted by Crippen LogP contribution is 2.31. The molecule has 2 aromatic rings. The quantitative estimate of drug-likeness (QED) is 0.911. The Morgan fingerprint density at radius 1 is 1.29 bits per heavy atom. The smallest absolute Gasteiger partial charge is 0.199 e. The van der Waals surface area contributed by atoms with Crippen LogP contribution < -0.4 is 4.74 Å². The van der Waals surface area contributed by atoms with Crippen LogP contribution in [0.1, 0.15) is 22.8 Å². The highest BCUT2D eigenvalue weighted by atomic mass is 35.5. The van der Waals surface area contributed by atoms with Gasteiger partial charge in [-0.2, -0.15) is 0 Å². The van der Waals surface area contributed by atoms with Gasteiger partial charge in [-0.15, -0.1) is 0 Å². The maximum absolute atomic E-state index is 10.2. The first-order valence-corrected chi connectivity index (χ1v) is 5.56. The van der Waals surface area contributed by atoms with Crippen LogP contribution in [0.25, 0.3) is 0 Å². The standard InChI is InChI=1S/C13H13ClO3/c1-8-7-9(16-2)3-4-10(8)12(15)11-5-6-17-13(11)14/h3-7,12,15H,1-2H3. The first-order chi connectivity index (χ1) is 8.13. The molecule has 1 aromatic carbocycles. The van der Waals surface area contributed by atoms with E-state index >= 15 is 0 Å². The van der Waals surface area contributed by atoms with Crippen molar-refractivity contribution in [1.29, 1.82) is 0 Å². The molecule has 0 radical (unpaired) electrons. The fraction of sp³-hybridized carbons (Fsp3) is 0.231. The zero-order valence-corrected chi connectivity index (χ0v) is 10.4. The largest absolute Gasteiger partial charge is 0.497 e. The first kappa shape index (κ1) is 12.0. The average Bonchev–Trinajstić information content (AvgIpc) is 2.74. The Balaban J connectivity index is 2.38. The third-order valence-corrected chi connectivity index (χ3v) is 3.02. The molecule has 0 bridgehead atoms. The predicted molar refractivity (Wildman–Crippen MR) is 65.5 cm³/mol. The van der Waals surface area contributed by atoms with Gasteiger partial charge in [-0.3, -0.25) is 0 Å². The van der Waals surface area contributed by atoms with Gasteiger partial charge in [0.25, 0.3) is 0 Å². The molecule has 0 aliphatic rings. The van der Waals surface area contributed by atoms with Gasteiger partial charge in [0.2, 0.25) is 0 Å². The van der Waals surface area contributed by atoms with E-state index in [0.29, 0.717) is 5.56 Å². The van der Waals surface area contributed by atoms with E-state index < -0.39 is 6.10 Å². The van der Waals surface area contributed by atoms with E-state index in [1.165, 1.54) is 6.26 Å². The number of ether oxygens (including phenoxy) is 1. The summed E-state index contributed by atoms with van der Waals surface area (Å²) in [5.74, 6) is 0.761. The minimum atomic E-state index is -0.785. The molecule has 1 heterocycles. The number of hydrogen-bond donors (Lipinski definition) is 1. The number of halogens is 1. The number of aryl methyl sites for hydroxylation is 1. The van der Waals surface area contributed by atoms with Gasteiger partial charge in [0.05, 0.1) is 13.4 Å². The maximum Gasteiger partial charge on any atom is 0.199 e. The van der Waals surface area contributed by atoms with E-state index in [0.717, 1.165) is 16.9 Å². The molecule has 3 nitrogen and oxygen atoms in total. The SMILES string of the molecule is COc1ccc(C(O)c2ccoc2Cl)c(C)c1. The summed E-state index contributed by atoms with van der Waals surface area (Å²) in [6.45, 7) is 1.91. The highest BCUT2D eigenvalue weighted by Gasteiger charge is 2.18. The molecule has 1 unspecified atom stereocenters. The van der Waals surface area contributed by atoms with Gasteiger partial charge in [0.15, 0.2) is 5.22 Å². The number of aliphatic hydroxyl groups excluding tert-OH is 1. The van der Waals surface area contributed by atoms with Gasteiger partial charge in [-0.1, -0.05) is 6.07 Å². The van der Waals surface area contributed by atoms with E-state index in [1.807, 2.05) is 19.1 Å². The van der Waals surface area contributed by atoms with Gasteiger partial charge in [-0.25, -0.2) is 0 Å². The van der Waals surface area contributed by atoms with E-state index in [1.54, 1.807) is 19.2 Å². The Kier molecular flexibility index (Phi) is 3.41. The second-order valence-electron chi connectivity index (χ2n) is 3.77. The lowest BCUT2D eigenvalue weighted by Crippen LogP contribution is -2.01. The molecule has 1 N–H and O–H groups in total. The topological polar surface area (TPSA) is 42.6 Å². The van der Waals surface area contributed by atoms with Crippen LogP contribution in [0.15, 0.2) is 34.9 Å². The highest BCUT2D eigenvalue weighted by molar-refractivity contribution is 6.29. The monoisotopic (exact) mass is 252 g/mol. The Morgan fingerprint density at radius 3 is 2.59 bits per heavy atom. The van der Waals surface area contributed by atoms with Crippen LogP contribution in [0.3, 0.4) is 0 Å². The van der Waals surface area contributed by atoms with Crippen molar-refractivity contribution in [3.8, 4) is 5.75 Å². The van der Waals surface area contributed by atoms with Crippen molar-refractivity contribution in [1.82, 2.24) is 0 Å². The van der Waals surface area contributed by atoms with E-state index in [4.69, 9.17) is 20.8 Å². The molecule has 1 atom stereocenters. The number of furan rings is 1. The molecule has 0 saturated carbocycles. The van der Waals surface area contributed by atoms with Crippen LogP contribution in [0.4, 0.5) is 0 Å². The Morgan fingerprint density at radius 2 is 2.06 bits per heavy atom. The Hall–Kier alpha value is -1.45. The summed E-state index contributed by atoms with van der Waals surface area (Å²) in [4.78, 5) is 0. The summed E-state index contributed by atoms with van der Waals surface area (Å²) in [5.41, 5.74) is 2.29. The van der Waals surface area contributed by atoms with E-state index in [-0.39, 0.29) is 5.22 Å². The second-order valence-corrected chi connectivity index (χ2v) is 4.12. The minimum Gasteiger partial charge on any atom is -0.497 e. The third kappa shape index (κ3) is 2.30. The van der Waals surface area contributed by atoms with Crippen LogP contribution >= 0.6 is 11.6 Å². The van der Waals surface area contributed by atoms with Gasteiger partial charge < -0.3 is 14.3 Å². The number of hydrogen-bond acceptors (Lipinski definition) is 3. The first-order valence-electron chi connectivity index (χ1n) is 5.19. The van der Waals surface area contributed by atoms with Crippen LogP contribution in [-0.2, 0) is 0 Å². The summed E-state index contributed by atoms with van der Waals surface area (Å²) < 4.78 is 10.1. The molecular weight excluding hydrogens is 240 g/mol. The molecule has 0 saturated heterocycles. The van der Waals surface area contributed by atoms with Crippen molar-refractivity contribution >= 4 is 11.6 Å². The molecule has 4 heteroatoms. The van der Waals surface area contributed by atoms with Crippen molar-refractivity contribution in [2.24, 2.45) is 0 Å². The van der Waals surface area contributed by atoms with Crippen molar-refractivity contribution in [3.63, 3.8) is 0 Å². The summed E-state index contributed by atoms with van der Waals surface area (Å²) in [6, 6.07) is 7.16. The van der Waals surface area contributed by atoms with E-state index in [9.17, 15) is 5.11 Å². The molecule has 0 aliphatic heterocycles. The van der Waals surface area contributed by atoms with Crippen molar-refractivity contribution in [2.45, 2.75) is 13.0 Å². The van der Waals surface area contributed by atoms with Gasteiger partial charge in [-0.05, 0) is 47.9 Å². The summed E-state index contributed by atoms with van der Waals surface area (Å²) in [6.07, 6.45) is 0.673. The lowest BCUT2D eigenvalue weighted by molar-refractivity contribution is 0.218. The molecule has 17 heavy (non-hydrogen) atoms. The molecule has 1 aromatic heterocycles. The third-order valence-electron chi connectivity index (χ3n) is 2.71. The number of rotatable bonds is 3. The summed E-state index contributed by atoms with van der Waals surface area (Å²) in [7, 11) is 1.61. The minimum absolute atomic E-state index is 0.215. The van der Waals surface area contributed by atoms with Crippen LogP contribution in [0, 0.1) is 6.92 Å². The summed E-state index contributed by atoms with van der Waals surface area (Å²) >= 11 is 5.84. The predicted octanol–water partition coefficient (Wildman–Crippen LogP) is 3.33. The van der Waals surface area contributed by atoms with Crippen LogP contribution in [0.2, 0.25) is 5.22 Å². The van der Waals surface area contributed by atoms with Crippen molar-refractivity contribution in [2.75, 3.05) is 7.11 Å². The zero-order valence-electron chi connectivity index (χ0n) is 9.61. The van der Waals surface area contributed by atoms with Gasteiger partial charge >= 0.3 is 0 Å². The Bertz CT molecular complexity index is 519. The van der Waals surface area contributed by atoms with Crippen LogP contribution in [-0.4, -0.2) is 12.2 Å². The normalized spacial score (nSPS) is 12.5. The molecule has 2 rings (SSSR count). The zero-order chi connectivity index (χ0) is 12.4. The average molecular weight is 253 g/mol. The molecule has 0 spiro atoms. The second kappa shape index (κ2) is 4.82. The Labute approximate surface area is 105 Å². The van der Waals surface area contributed by atoms with Crippen molar-refractivity contribution in [3.05, 3.63) is 52.4 Å². The molecular formula is C13H13ClO3. The lowest BCUT2D eigenvalue weighted by Gasteiger charge is -2.13. The van der Waals surface area contributed by atoms with Gasteiger partial charge in [0, 0.05) is 5.56 Å². The summed E-state index contributed by atoms with van der Waals surface area (Å²) in [5, 5.41) is 10.4. The van der Waals surface area contributed by atoms with Crippen LogP contribution in [0.5, 0.6) is 5.75 Å². The number of aliphatic hydroxyl groups is 1.